The third kappa shape index (κ3) is 3.13. The lowest BCUT2D eigenvalue weighted by molar-refractivity contribution is 0.434. The fourth-order valence-corrected chi connectivity index (χ4v) is 3.43. The van der Waals surface area contributed by atoms with Crippen LogP contribution in [0.25, 0.3) is 16.9 Å². The Kier molecular flexibility index (Phi) is 4.30. The summed E-state index contributed by atoms with van der Waals surface area (Å²) < 4.78 is 28.4. The van der Waals surface area contributed by atoms with Gasteiger partial charge in [-0.05, 0) is 12.1 Å². The summed E-state index contributed by atoms with van der Waals surface area (Å²) in [6.45, 7) is 0. The predicted molar refractivity (Wildman–Crippen MR) is 96.0 cm³/mol. The summed E-state index contributed by atoms with van der Waals surface area (Å²) >= 11 is 1.12. The molecule has 7 heteroatoms. The Morgan fingerprint density at radius 3 is 2.62 bits per heavy atom. The van der Waals surface area contributed by atoms with Crippen LogP contribution in [0.3, 0.4) is 0 Å². The minimum absolute atomic E-state index is 0.0625. The highest BCUT2D eigenvalue weighted by Crippen LogP contribution is 2.28. The van der Waals surface area contributed by atoms with E-state index in [0.29, 0.717) is 17.0 Å². The molecule has 2 aromatic heterocycles. The molecule has 0 aliphatic carbocycles. The Balaban J connectivity index is 1.63. The number of fused-ring (bicyclic) bond motifs is 1. The molecule has 4 aromatic rings. The van der Waals surface area contributed by atoms with Crippen molar-refractivity contribution in [2.24, 2.45) is 0 Å². The molecular weight excluding hydrogens is 356 g/mol. The van der Waals surface area contributed by atoms with Crippen LogP contribution in [-0.4, -0.2) is 19.7 Å². The van der Waals surface area contributed by atoms with Crippen LogP contribution >= 0.6 is 11.8 Å². The molecule has 0 atom stereocenters. The second kappa shape index (κ2) is 6.76. The molecule has 0 saturated carbocycles. The van der Waals surface area contributed by atoms with Crippen LogP contribution in [0.2, 0.25) is 0 Å². The molecule has 0 saturated heterocycles. The summed E-state index contributed by atoms with van der Waals surface area (Å²) in [6.07, 6.45) is 0. The van der Waals surface area contributed by atoms with Gasteiger partial charge >= 0.3 is 0 Å². The van der Waals surface area contributed by atoms with Crippen molar-refractivity contribution in [2.45, 2.75) is 10.6 Å². The number of rotatable bonds is 4. The Hall–Kier alpha value is -2.93. The molecule has 0 amide bonds. The van der Waals surface area contributed by atoms with Gasteiger partial charge in [-0.3, -0.25) is 0 Å². The van der Waals surface area contributed by atoms with Crippen molar-refractivity contribution >= 4 is 17.4 Å². The third-order valence-corrected chi connectivity index (χ3v) is 4.89. The van der Waals surface area contributed by atoms with Crippen LogP contribution in [0.15, 0.2) is 65.6 Å². The SMILES string of the molecule is Oc1cc(CSc2cccc(F)c2F)nc2cc(-c3ccccc3)nn12. The Labute approximate surface area is 152 Å². The van der Waals surface area contributed by atoms with E-state index in [9.17, 15) is 13.9 Å². The van der Waals surface area contributed by atoms with Gasteiger partial charge in [-0.15, -0.1) is 11.8 Å². The normalized spacial score (nSPS) is 11.2. The summed E-state index contributed by atoms with van der Waals surface area (Å²) in [5.41, 5.74) is 2.63. The third-order valence-electron chi connectivity index (χ3n) is 3.82. The maximum absolute atomic E-state index is 13.7. The molecular formula is C19H13F2N3OS. The molecule has 130 valence electrons. The second-order valence-electron chi connectivity index (χ2n) is 5.61. The van der Waals surface area contributed by atoms with Crippen molar-refractivity contribution in [2.75, 3.05) is 0 Å². The standard InChI is InChI=1S/C19H13F2N3OS/c20-14-7-4-8-16(19(14)21)26-11-13-9-18(25)24-17(22-13)10-15(23-24)12-5-2-1-3-6-12/h1-10,25H,11H2. The largest absolute Gasteiger partial charge is 0.493 e. The lowest BCUT2D eigenvalue weighted by Crippen LogP contribution is -1.96. The van der Waals surface area contributed by atoms with E-state index in [0.717, 1.165) is 23.4 Å². The second-order valence-corrected chi connectivity index (χ2v) is 6.63. The van der Waals surface area contributed by atoms with Gasteiger partial charge in [0.25, 0.3) is 0 Å². The van der Waals surface area contributed by atoms with Crippen LogP contribution in [0.4, 0.5) is 8.78 Å². The van der Waals surface area contributed by atoms with Crippen LogP contribution in [0, 0.1) is 11.6 Å². The maximum Gasteiger partial charge on any atom is 0.215 e. The topological polar surface area (TPSA) is 50.4 Å². The van der Waals surface area contributed by atoms with Gasteiger partial charge in [-0.2, -0.15) is 9.61 Å². The van der Waals surface area contributed by atoms with E-state index < -0.39 is 11.6 Å². The highest BCUT2D eigenvalue weighted by Gasteiger charge is 2.12. The van der Waals surface area contributed by atoms with Gasteiger partial charge in [0.15, 0.2) is 17.3 Å². The number of nitrogens with zero attached hydrogens (tertiary/aromatic N) is 3. The molecule has 0 spiro atoms. The smallest absolute Gasteiger partial charge is 0.215 e. The van der Waals surface area contributed by atoms with Crippen molar-refractivity contribution in [3.05, 3.63) is 78.0 Å². The van der Waals surface area contributed by atoms with Crippen LogP contribution in [0.1, 0.15) is 5.69 Å². The van der Waals surface area contributed by atoms with Gasteiger partial charge in [0.1, 0.15) is 0 Å². The Morgan fingerprint density at radius 2 is 1.81 bits per heavy atom. The molecule has 0 aliphatic heterocycles. The van der Waals surface area contributed by atoms with E-state index in [-0.39, 0.29) is 16.5 Å². The highest BCUT2D eigenvalue weighted by molar-refractivity contribution is 7.98. The zero-order valence-electron chi connectivity index (χ0n) is 13.4. The van der Waals surface area contributed by atoms with Gasteiger partial charge in [0.05, 0.1) is 11.4 Å². The maximum atomic E-state index is 13.7. The summed E-state index contributed by atoms with van der Waals surface area (Å²) in [5.74, 6) is -1.54. The van der Waals surface area contributed by atoms with Crippen LogP contribution in [-0.2, 0) is 5.75 Å². The minimum atomic E-state index is -0.885. The van der Waals surface area contributed by atoms with Gasteiger partial charge in [0.2, 0.25) is 5.88 Å². The van der Waals surface area contributed by atoms with E-state index in [2.05, 4.69) is 10.1 Å². The van der Waals surface area contributed by atoms with Gasteiger partial charge < -0.3 is 5.11 Å². The molecule has 0 unspecified atom stereocenters. The first-order valence-electron chi connectivity index (χ1n) is 7.83. The number of halogens is 2. The van der Waals surface area contributed by atoms with Gasteiger partial charge in [-0.1, -0.05) is 36.4 Å². The summed E-state index contributed by atoms with van der Waals surface area (Å²) in [7, 11) is 0. The summed E-state index contributed by atoms with van der Waals surface area (Å²) in [5, 5.41) is 14.6. The molecule has 0 radical (unpaired) electrons. The molecule has 4 nitrogen and oxygen atoms in total. The lowest BCUT2D eigenvalue weighted by atomic mass is 10.2. The minimum Gasteiger partial charge on any atom is -0.493 e. The van der Waals surface area contributed by atoms with Crippen molar-refractivity contribution in [1.82, 2.24) is 14.6 Å². The summed E-state index contributed by atoms with van der Waals surface area (Å²) in [4.78, 5) is 4.65. The first-order valence-corrected chi connectivity index (χ1v) is 8.81. The molecule has 2 aromatic carbocycles. The number of thioether (sulfide) groups is 1. The van der Waals surface area contributed by atoms with E-state index >= 15 is 0 Å². The van der Waals surface area contributed by atoms with Gasteiger partial charge in [0, 0.05) is 28.3 Å². The molecule has 0 fully saturated rings. The van der Waals surface area contributed by atoms with E-state index in [1.807, 2.05) is 30.3 Å². The average Bonchev–Trinajstić information content (AvgIpc) is 3.08. The molecule has 0 bridgehead atoms. The van der Waals surface area contributed by atoms with E-state index in [4.69, 9.17) is 0 Å². The van der Waals surface area contributed by atoms with Crippen LogP contribution in [0.5, 0.6) is 5.88 Å². The van der Waals surface area contributed by atoms with Crippen molar-refractivity contribution in [3.8, 4) is 17.1 Å². The zero-order valence-corrected chi connectivity index (χ0v) is 14.3. The highest BCUT2D eigenvalue weighted by atomic mass is 32.2. The monoisotopic (exact) mass is 369 g/mol. The lowest BCUT2D eigenvalue weighted by Gasteiger charge is -2.05. The zero-order chi connectivity index (χ0) is 18.1. The molecule has 1 N–H and O–H groups in total. The fraction of sp³-hybridized carbons (Fsp3) is 0.0526. The van der Waals surface area contributed by atoms with E-state index in [1.54, 1.807) is 6.07 Å². The van der Waals surface area contributed by atoms with E-state index in [1.165, 1.54) is 22.7 Å². The Bertz CT molecular complexity index is 1080. The number of hydrogen-bond donors (Lipinski definition) is 1. The van der Waals surface area contributed by atoms with Crippen molar-refractivity contribution in [3.63, 3.8) is 0 Å². The number of hydrogen-bond acceptors (Lipinski definition) is 4. The average molecular weight is 369 g/mol. The number of aromatic nitrogens is 3. The summed E-state index contributed by atoms with van der Waals surface area (Å²) in [6, 6.07) is 16.8. The fourth-order valence-electron chi connectivity index (χ4n) is 2.58. The molecule has 2 heterocycles. The van der Waals surface area contributed by atoms with Gasteiger partial charge in [-0.25, -0.2) is 13.8 Å². The molecule has 4 rings (SSSR count). The predicted octanol–water partition coefficient (Wildman–Crippen LogP) is 4.67. The van der Waals surface area contributed by atoms with Crippen molar-refractivity contribution < 1.29 is 13.9 Å². The molecule has 26 heavy (non-hydrogen) atoms. The van der Waals surface area contributed by atoms with Crippen LogP contribution < -0.4 is 0 Å². The number of aromatic hydroxyl groups is 1. The quantitative estimate of drug-likeness (QED) is 0.531. The number of benzene rings is 2. The Morgan fingerprint density at radius 1 is 1.00 bits per heavy atom. The molecule has 0 aliphatic rings. The first kappa shape index (κ1) is 16.5. The first-order chi connectivity index (χ1) is 12.6. The van der Waals surface area contributed by atoms with Crippen molar-refractivity contribution in [1.29, 1.82) is 0 Å².